The fraction of sp³-hybridized carbons (Fsp3) is 0.333. The van der Waals surface area contributed by atoms with Crippen LogP contribution in [0.2, 0.25) is 0 Å². The smallest absolute Gasteiger partial charge is 0.241 e. The number of sulfone groups is 1. The summed E-state index contributed by atoms with van der Waals surface area (Å²) in [5.41, 5.74) is 0.974. The molecule has 6 heteroatoms. The molecule has 1 saturated carbocycles. The monoisotopic (exact) mass is 304 g/mol. The highest BCUT2D eigenvalue weighted by molar-refractivity contribution is 7.90. The third-order valence-corrected chi connectivity index (χ3v) is 4.62. The summed E-state index contributed by atoms with van der Waals surface area (Å²) in [5, 5.41) is 3.82. The summed E-state index contributed by atoms with van der Waals surface area (Å²) >= 11 is 0. The molecule has 5 nitrogen and oxygen atoms in total. The first-order valence-electron chi connectivity index (χ1n) is 6.87. The lowest BCUT2D eigenvalue weighted by Gasteiger charge is -1.96. The van der Waals surface area contributed by atoms with Crippen molar-refractivity contribution in [3.63, 3.8) is 0 Å². The predicted octanol–water partition coefficient (Wildman–Crippen LogP) is 2.58. The van der Waals surface area contributed by atoms with Gasteiger partial charge in [0.05, 0.1) is 5.75 Å². The van der Waals surface area contributed by atoms with E-state index in [2.05, 4.69) is 10.1 Å². The van der Waals surface area contributed by atoms with E-state index in [9.17, 15) is 8.42 Å². The van der Waals surface area contributed by atoms with Gasteiger partial charge in [-0.05, 0) is 18.4 Å². The maximum atomic E-state index is 12.0. The number of hydrogen-bond acceptors (Lipinski definition) is 5. The molecule has 0 N–H and O–H groups in total. The molecule has 0 radical (unpaired) electrons. The summed E-state index contributed by atoms with van der Waals surface area (Å²) in [4.78, 5) is 4.14. The second-order valence-corrected chi connectivity index (χ2v) is 7.30. The fourth-order valence-electron chi connectivity index (χ4n) is 1.98. The van der Waals surface area contributed by atoms with Gasteiger partial charge in [-0.1, -0.05) is 47.6 Å². The van der Waals surface area contributed by atoms with E-state index < -0.39 is 9.84 Å². The normalized spacial score (nSPS) is 15.6. The molecule has 2 aromatic rings. The van der Waals surface area contributed by atoms with Gasteiger partial charge >= 0.3 is 0 Å². The van der Waals surface area contributed by atoms with Crippen molar-refractivity contribution < 1.29 is 12.9 Å². The van der Waals surface area contributed by atoms with E-state index in [0.29, 0.717) is 11.7 Å². The van der Waals surface area contributed by atoms with E-state index >= 15 is 0 Å². The number of benzene rings is 1. The number of rotatable bonds is 6. The standard InChI is InChI=1S/C15H16N2O3S/c18-21(19,10-4-7-12-5-2-1-3-6-12)11-14-16-15(17-20-14)13-8-9-13/h1-7,13H,8-11H2/b7-4+. The Morgan fingerprint density at radius 2 is 2.00 bits per heavy atom. The molecular weight excluding hydrogens is 288 g/mol. The topological polar surface area (TPSA) is 73.1 Å². The third kappa shape index (κ3) is 4.01. The average molecular weight is 304 g/mol. The van der Waals surface area contributed by atoms with Crippen LogP contribution in [0.1, 0.15) is 36.0 Å². The highest BCUT2D eigenvalue weighted by Gasteiger charge is 2.29. The van der Waals surface area contributed by atoms with E-state index in [-0.39, 0.29) is 17.4 Å². The molecule has 110 valence electrons. The Morgan fingerprint density at radius 3 is 2.71 bits per heavy atom. The minimum Gasteiger partial charge on any atom is -0.338 e. The lowest BCUT2D eigenvalue weighted by atomic mass is 10.2. The molecule has 1 aliphatic rings. The molecule has 1 aromatic heterocycles. The molecule has 1 heterocycles. The molecule has 0 spiro atoms. The molecule has 1 aliphatic carbocycles. The van der Waals surface area contributed by atoms with E-state index in [1.54, 1.807) is 12.2 Å². The number of nitrogens with zero attached hydrogens (tertiary/aromatic N) is 2. The molecule has 1 fully saturated rings. The first-order valence-corrected chi connectivity index (χ1v) is 8.69. The Morgan fingerprint density at radius 1 is 1.24 bits per heavy atom. The van der Waals surface area contributed by atoms with Crippen LogP contribution < -0.4 is 0 Å². The molecular formula is C15H16N2O3S. The van der Waals surface area contributed by atoms with Crippen LogP contribution in [0.15, 0.2) is 40.9 Å². The van der Waals surface area contributed by atoms with Crippen molar-refractivity contribution in [2.24, 2.45) is 0 Å². The highest BCUT2D eigenvalue weighted by atomic mass is 32.2. The Balaban J connectivity index is 1.59. The van der Waals surface area contributed by atoms with Gasteiger partial charge in [-0.3, -0.25) is 0 Å². The van der Waals surface area contributed by atoms with Gasteiger partial charge in [-0.15, -0.1) is 0 Å². The largest absolute Gasteiger partial charge is 0.338 e. The van der Waals surface area contributed by atoms with Crippen molar-refractivity contribution in [3.8, 4) is 0 Å². The van der Waals surface area contributed by atoms with E-state index in [4.69, 9.17) is 4.52 Å². The van der Waals surface area contributed by atoms with Crippen LogP contribution >= 0.6 is 0 Å². The van der Waals surface area contributed by atoms with Crippen molar-refractivity contribution >= 4 is 15.9 Å². The molecule has 21 heavy (non-hydrogen) atoms. The van der Waals surface area contributed by atoms with Gasteiger partial charge < -0.3 is 4.52 Å². The van der Waals surface area contributed by atoms with Crippen LogP contribution in [0.5, 0.6) is 0 Å². The zero-order valence-electron chi connectivity index (χ0n) is 11.5. The molecule has 0 atom stereocenters. The summed E-state index contributed by atoms with van der Waals surface area (Å²) in [7, 11) is -3.28. The molecule has 0 saturated heterocycles. The van der Waals surface area contributed by atoms with Gasteiger partial charge in [-0.25, -0.2) is 8.42 Å². The van der Waals surface area contributed by atoms with Crippen molar-refractivity contribution in [2.75, 3.05) is 5.75 Å². The highest BCUT2D eigenvalue weighted by Crippen LogP contribution is 2.38. The second kappa shape index (κ2) is 5.81. The maximum Gasteiger partial charge on any atom is 0.241 e. The lowest BCUT2D eigenvalue weighted by molar-refractivity contribution is 0.383. The van der Waals surface area contributed by atoms with Gasteiger partial charge in [0.15, 0.2) is 15.7 Å². The quantitative estimate of drug-likeness (QED) is 0.820. The van der Waals surface area contributed by atoms with Crippen LogP contribution in [0.25, 0.3) is 6.08 Å². The summed E-state index contributed by atoms with van der Waals surface area (Å²) in [6.07, 6.45) is 5.56. The minimum atomic E-state index is -3.28. The molecule has 3 rings (SSSR count). The van der Waals surface area contributed by atoms with Crippen molar-refractivity contribution in [1.82, 2.24) is 10.1 Å². The number of aromatic nitrogens is 2. The van der Waals surface area contributed by atoms with Gasteiger partial charge in [0, 0.05) is 5.92 Å². The average Bonchev–Trinajstić information content (AvgIpc) is 3.21. The first-order chi connectivity index (χ1) is 10.1. The van der Waals surface area contributed by atoms with Crippen LogP contribution in [0, 0.1) is 0 Å². The van der Waals surface area contributed by atoms with Crippen molar-refractivity contribution in [1.29, 1.82) is 0 Å². The molecule has 1 aromatic carbocycles. The Bertz CT molecular complexity index is 731. The molecule has 0 bridgehead atoms. The second-order valence-electron chi connectivity index (χ2n) is 5.19. The number of hydrogen-bond donors (Lipinski definition) is 0. The Kier molecular flexibility index (Phi) is 3.88. The first kappa shape index (κ1) is 14.0. The predicted molar refractivity (Wildman–Crippen MR) is 79.2 cm³/mol. The minimum absolute atomic E-state index is 0.0387. The zero-order valence-corrected chi connectivity index (χ0v) is 12.3. The summed E-state index contributed by atoms with van der Waals surface area (Å²) < 4.78 is 29.0. The van der Waals surface area contributed by atoms with E-state index in [1.165, 1.54) is 0 Å². The maximum absolute atomic E-state index is 12.0. The molecule has 0 amide bonds. The van der Waals surface area contributed by atoms with Crippen molar-refractivity contribution in [3.05, 3.63) is 53.7 Å². The SMILES string of the molecule is O=S(=O)(C/C=C/c1ccccc1)Cc1nc(C2CC2)no1. The lowest BCUT2D eigenvalue weighted by Crippen LogP contribution is -2.07. The summed E-state index contributed by atoms with van der Waals surface area (Å²) in [6, 6.07) is 9.57. The van der Waals surface area contributed by atoms with Gasteiger partial charge in [0.2, 0.25) is 5.89 Å². The van der Waals surface area contributed by atoms with Gasteiger partial charge in [-0.2, -0.15) is 4.98 Å². The van der Waals surface area contributed by atoms with Crippen LogP contribution in [0.4, 0.5) is 0 Å². The van der Waals surface area contributed by atoms with Gasteiger partial charge in [0.1, 0.15) is 5.75 Å². The summed E-state index contributed by atoms with van der Waals surface area (Å²) in [6.45, 7) is 0. The molecule has 0 unspecified atom stereocenters. The zero-order chi connectivity index (χ0) is 14.7. The van der Waals surface area contributed by atoms with E-state index in [0.717, 1.165) is 18.4 Å². The van der Waals surface area contributed by atoms with Crippen LogP contribution in [0.3, 0.4) is 0 Å². The molecule has 0 aliphatic heterocycles. The van der Waals surface area contributed by atoms with Gasteiger partial charge in [0.25, 0.3) is 0 Å². The fourth-order valence-corrected chi connectivity index (χ4v) is 2.98. The van der Waals surface area contributed by atoms with E-state index in [1.807, 2.05) is 30.3 Å². The summed E-state index contributed by atoms with van der Waals surface area (Å²) in [5.74, 6) is 0.947. The Labute approximate surface area is 123 Å². The van der Waals surface area contributed by atoms with Crippen LogP contribution in [-0.2, 0) is 15.6 Å². The Hall–Kier alpha value is -1.95. The third-order valence-electron chi connectivity index (χ3n) is 3.23. The van der Waals surface area contributed by atoms with Crippen molar-refractivity contribution in [2.45, 2.75) is 24.5 Å². The van der Waals surface area contributed by atoms with Crippen LogP contribution in [-0.4, -0.2) is 24.3 Å².